The summed E-state index contributed by atoms with van der Waals surface area (Å²) in [6.07, 6.45) is 0. The molecule has 2 aromatic rings. The lowest BCUT2D eigenvalue weighted by atomic mass is 10.1. The number of ether oxygens (including phenoxy) is 1. The molecule has 0 heterocycles. The van der Waals surface area contributed by atoms with Crippen molar-refractivity contribution < 1.29 is 13.2 Å². The fraction of sp³-hybridized carbons (Fsp3) is 0.200. The predicted molar refractivity (Wildman–Crippen MR) is 85.8 cm³/mol. The zero-order chi connectivity index (χ0) is 15.6. The Morgan fingerprint density at radius 3 is 2.52 bits per heavy atom. The van der Waals surface area contributed by atoms with Gasteiger partial charge in [-0.2, -0.15) is 0 Å². The molecule has 0 aliphatic heterocycles. The van der Waals surface area contributed by atoms with Crippen LogP contribution in [0.2, 0.25) is 0 Å². The highest BCUT2D eigenvalue weighted by molar-refractivity contribution is 9.10. The van der Waals surface area contributed by atoms with E-state index in [1.807, 2.05) is 32.0 Å². The fourth-order valence-corrected chi connectivity index (χ4v) is 3.15. The minimum Gasteiger partial charge on any atom is -0.487 e. The quantitative estimate of drug-likeness (QED) is 0.898. The van der Waals surface area contributed by atoms with Gasteiger partial charge in [0.2, 0.25) is 10.0 Å². The Morgan fingerprint density at radius 1 is 1.14 bits per heavy atom. The first-order valence-electron chi connectivity index (χ1n) is 6.28. The van der Waals surface area contributed by atoms with E-state index < -0.39 is 10.0 Å². The Labute approximate surface area is 133 Å². The van der Waals surface area contributed by atoms with Crippen molar-refractivity contribution >= 4 is 26.0 Å². The van der Waals surface area contributed by atoms with E-state index in [0.29, 0.717) is 4.47 Å². The molecule has 112 valence electrons. The number of aryl methyl sites for hydroxylation is 2. The highest BCUT2D eigenvalue weighted by atomic mass is 79.9. The number of rotatable bonds is 4. The molecule has 4 nitrogen and oxygen atoms in total. The van der Waals surface area contributed by atoms with Crippen LogP contribution in [0.5, 0.6) is 5.75 Å². The molecule has 0 aliphatic rings. The summed E-state index contributed by atoms with van der Waals surface area (Å²) in [5.41, 5.74) is 3.23. The van der Waals surface area contributed by atoms with E-state index in [-0.39, 0.29) is 17.3 Å². The van der Waals surface area contributed by atoms with Crippen LogP contribution < -0.4 is 9.88 Å². The number of primary sulfonamides is 1. The van der Waals surface area contributed by atoms with Crippen LogP contribution in [0.3, 0.4) is 0 Å². The number of nitrogens with two attached hydrogens (primary N) is 1. The van der Waals surface area contributed by atoms with Gasteiger partial charge >= 0.3 is 0 Å². The SMILES string of the molecule is Cc1ccc(C)c(COc2ccc(Br)cc2S(N)(=O)=O)c1. The molecule has 0 bridgehead atoms. The Morgan fingerprint density at radius 2 is 1.86 bits per heavy atom. The first-order chi connectivity index (χ1) is 9.77. The Bertz CT molecular complexity index is 772. The minimum atomic E-state index is -3.83. The second-order valence-corrected chi connectivity index (χ2v) is 7.30. The van der Waals surface area contributed by atoms with Gasteiger partial charge in [0.1, 0.15) is 17.3 Å². The molecule has 21 heavy (non-hydrogen) atoms. The van der Waals surface area contributed by atoms with E-state index in [1.165, 1.54) is 6.07 Å². The van der Waals surface area contributed by atoms with Gasteiger partial charge in [-0.05, 0) is 43.2 Å². The molecule has 0 amide bonds. The smallest absolute Gasteiger partial charge is 0.241 e. The highest BCUT2D eigenvalue weighted by Gasteiger charge is 2.16. The maximum Gasteiger partial charge on any atom is 0.241 e. The van der Waals surface area contributed by atoms with Crippen molar-refractivity contribution in [3.8, 4) is 5.75 Å². The van der Waals surface area contributed by atoms with Crippen LogP contribution >= 0.6 is 15.9 Å². The molecule has 0 saturated carbocycles. The normalized spacial score (nSPS) is 11.4. The van der Waals surface area contributed by atoms with Crippen LogP contribution in [0.25, 0.3) is 0 Å². The largest absolute Gasteiger partial charge is 0.487 e. The third-order valence-corrected chi connectivity index (χ3v) is 4.53. The molecule has 0 saturated heterocycles. The van der Waals surface area contributed by atoms with E-state index in [0.717, 1.165) is 16.7 Å². The van der Waals surface area contributed by atoms with Crippen LogP contribution in [-0.4, -0.2) is 8.42 Å². The molecular formula is C15H16BrNO3S. The van der Waals surface area contributed by atoms with E-state index in [4.69, 9.17) is 9.88 Å². The molecule has 0 spiro atoms. The summed E-state index contributed by atoms with van der Waals surface area (Å²) in [4.78, 5) is -0.0258. The van der Waals surface area contributed by atoms with Crippen molar-refractivity contribution in [3.05, 3.63) is 57.6 Å². The number of benzene rings is 2. The first kappa shape index (κ1) is 16.0. The summed E-state index contributed by atoms with van der Waals surface area (Å²) >= 11 is 3.23. The van der Waals surface area contributed by atoms with Gasteiger partial charge in [0, 0.05) is 4.47 Å². The first-order valence-corrected chi connectivity index (χ1v) is 8.62. The number of sulfonamides is 1. The monoisotopic (exact) mass is 369 g/mol. The second-order valence-electron chi connectivity index (χ2n) is 4.85. The molecule has 2 rings (SSSR count). The summed E-state index contributed by atoms with van der Waals surface area (Å²) in [5.74, 6) is 0.251. The van der Waals surface area contributed by atoms with Gasteiger partial charge in [-0.3, -0.25) is 0 Å². The van der Waals surface area contributed by atoms with E-state index in [2.05, 4.69) is 15.9 Å². The predicted octanol–water partition coefficient (Wildman–Crippen LogP) is 3.29. The van der Waals surface area contributed by atoms with Gasteiger partial charge in [-0.15, -0.1) is 0 Å². The van der Waals surface area contributed by atoms with Crippen molar-refractivity contribution in [1.82, 2.24) is 0 Å². The summed E-state index contributed by atoms with van der Waals surface area (Å²) in [6, 6.07) is 10.8. The molecule has 0 unspecified atom stereocenters. The van der Waals surface area contributed by atoms with E-state index in [1.54, 1.807) is 12.1 Å². The van der Waals surface area contributed by atoms with Gasteiger partial charge < -0.3 is 4.74 Å². The van der Waals surface area contributed by atoms with Crippen molar-refractivity contribution in [2.45, 2.75) is 25.3 Å². The summed E-state index contributed by atoms with van der Waals surface area (Å²) < 4.78 is 29.5. The fourth-order valence-electron chi connectivity index (χ4n) is 1.93. The van der Waals surface area contributed by atoms with Crippen molar-refractivity contribution in [2.75, 3.05) is 0 Å². The average molecular weight is 370 g/mol. The zero-order valence-electron chi connectivity index (χ0n) is 11.8. The molecule has 2 N–H and O–H groups in total. The Kier molecular flexibility index (Phi) is 4.70. The summed E-state index contributed by atoms with van der Waals surface area (Å²) in [5, 5.41) is 5.22. The van der Waals surface area contributed by atoms with Gasteiger partial charge in [0.15, 0.2) is 0 Å². The lowest BCUT2D eigenvalue weighted by Gasteiger charge is -2.12. The molecular weight excluding hydrogens is 354 g/mol. The number of hydrogen-bond acceptors (Lipinski definition) is 3. The lowest BCUT2D eigenvalue weighted by Crippen LogP contribution is -2.14. The maximum atomic E-state index is 11.6. The van der Waals surface area contributed by atoms with Crippen LogP contribution in [0, 0.1) is 13.8 Å². The molecule has 0 aliphatic carbocycles. The van der Waals surface area contributed by atoms with Gasteiger partial charge in [0.25, 0.3) is 0 Å². The zero-order valence-corrected chi connectivity index (χ0v) is 14.2. The van der Waals surface area contributed by atoms with E-state index in [9.17, 15) is 8.42 Å². The molecule has 0 aromatic heterocycles. The van der Waals surface area contributed by atoms with Crippen molar-refractivity contribution in [2.24, 2.45) is 5.14 Å². The van der Waals surface area contributed by atoms with Gasteiger partial charge in [-0.1, -0.05) is 39.7 Å². The topological polar surface area (TPSA) is 69.4 Å². The molecule has 6 heteroatoms. The van der Waals surface area contributed by atoms with Crippen LogP contribution in [0.15, 0.2) is 45.8 Å². The molecule has 2 aromatic carbocycles. The standard InChI is InChI=1S/C15H16BrNO3S/c1-10-3-4-11(2)12(7-10)9-20-14-6-5-13(16)8-15(14)21(17,18)19/h3-8H,9H2,1-2H3,(H2,17,18,19). The highest BCUT2D eigenvalue weighted by Crippen LogP contribution is 2.27. The van der Waals surface area contributed by atoms with Crippen LogP contribution in [-0.2, 0) is 16.6 Å². The lowest BCUT2D eigenvalue weighted by molar-refractivity contribution is 0.297. The maximum absolute atomic E-state index is 11.6. The average Bonchev–Trinajstić information content (AvgIpc) is 2.40. The number of hydrogen-bond donors (Lipinski definition) is 1. The Hall–Kier alpha value is -1.37. The van der Waals surface area contributed by atoms with Gasteiger partial charge in [0.05, 0.1) is 0 Å². The molecule has 0 radical (unpaired) electrons. The third-order valence-electron chi connectivity index (χ3n) is 3.10. The van der Waals surface area contributed by atoms with E-state index >= 15 is 0 Å². The summed E-state index contributed by atoms with van der Waals surface area (Å²) in [7, 11) is -3.83. The second kappa shape index (κ2) is 6.17. The molecule has 0 atom stereocenters. The van der Waals surface area contributed by atoms with Crippen LogP contribution in [0.4, 0.5) is 0 Å². The Balaban J connectivity index is 2.30. The van der Waals surface area contributed by atoms with Crippen molar-refractivity contribution in [1.29, 1.82) is 0 Å². The van der Waals surface area contributed by atoms with Crippen LogP contribution in [0.1, 0.15) is 16.7 Å². The summed E-state index contributed by atoms with van der Waals surface area (Å²) in [6.45, 7) is 4.27. The third kappa shape index (κ3) is 4.06. The minimum absolute atomic E-state index is 0.0258. The van der Waals surface area contributed by atoms with Crippen molar-refractivity contribution in [3.63, 3.8) is 0 Å². The van der Waals surface area contributed by atoms with Gasteiger partial charge in [-0.25, -0.2) is 13.6 Å². The number of halogens is 1. The molecule has 0 fully saturated rings.